The predicted molar refractivity (Wildman–Crippen MR) is 76.2 cm³/mol. The van der Waals surface area contributed by atoms with Crippen molar-refractivity contribution in [2.24, 2.45) is 0 Å². The van der Waals surface area contributed by atoms with Crippen molar-refractivity contribution in [3.8, 4) is 6.07 Å². The Morgan fingerprint density at radius 3 is 2.76 bits per heavy atom. The highest BCUT2D eigenvalue weighted by Gasteiger charge is 2.19. The number of nitrogens with one attached hydrogen (secondary N) is 2. The van der Waals surface area contributed by atoms with Crippen molar-refractivity contribution in [1.29, 1.82) is 5.26 Å². The summed E-state index contributed by atoms with van der Waals surface area (Å²) in [5.74, 6) is -1.16. The van der Waals surface area contributed by atoms with Crippen molar-refractivity contribution in [3.63, 3.8) is 0 Å². The van der Waals surface area contributed by atoms with Crippen LogP contribution in [0.25, 0.3) is 0 Å². The third kappa shape index (κ3) is 5.30. The molecule has 0 aliphatic carbocycles. The van der Waals surface area contributed by atoms with Gasteiger partial charge in [0.05, 0.1) is 22.3 Å². The number of urea groups is 1. The normalized spacial score (nSPS) is 11.3. The topological polar surface area (TPSA) is 111 Å². The second-order valence-corrected chi connectivity index (χ2v) is 4.48. The van der Waals surface area contributed by atoms with E-state index in [9.17, 15) is 9.59 Å². The lowest BCUT2D eigenvalue weighted by Gasteiger charge is -2.15. The number of hydrogen-bond donors (Lipinski definition) is 3. The molecule has 2 amide bonds. The van der Waals surface area contributed by atoms with Crippen LogP contribution in [-0.4, -0.2) is 36.9 Å². The van der Waals surface area contributed by atoms with Crippen LogP contribution in [-0.2, 0) is 9.53 Å². The minimum atomic E-state index is -1.16. The molecule has 0 aliphatic rings. The first-order valence-electron chi connectivity index (χ1n) is 5.96. The maximum absolute atomic E-state index is 11.7. The molecule has 1 aromatic carbocycles. The fourth-order valence-corrected chi connectivity index (χ4v) is 1.72. The molecule has 0 aromatic heterocycles. The third-order valence-electron chi connectivity index (χ3n) is 2.56. The highest BCUT2D eigenvalue weighted by molar-refractivity contribution is 6.33. The second kappa shape index (κ2) is 8.09. The number of rotatable bonds is 6. The van der Waals surface area contributed by atoms with Gasteiger partial charge in [-0.1, -0.05) is 11.6 Å². The molecule has 0 bridgehead atoms. The van der Waals surface area contributed by atoms with E-state index in [1.807, 2.05) is 6.07 Å². The van der Waals surface area contributed by atoms with Gasteiger partial charge in [0.15, 0.2) is 0 Å². The molecular weight excluding hydrogens is 298 g/mol. The first-order valence-corrected chi connectivity index (χ1v) is 6.34. The molecule has 1 atom stereocenters. The van der Waals surface area contributed by atoms with Crippen LogP contribution in [0.1, 0.15) is 12.0 Å². The van der Waals surface area contributed by atoms with Crippen molar-refractivity contribution < 1.29 is 19.4 Å². The smallest absolute Gasteiger partial charge is 0.326 e. The van der Waals surface area contributed by atoms with Crippen molar-refractivity contribution in [3.05, 3.63) is 28.8 Å². The lowest BCUT2D eigenvalue weighted by Crippen LogP contribution is -2.43. The van der Waals surface area contributed by atoms with E-state index in [0.29, 0.717) is 5.56 Å². The predicted octanol–water partition coefficient (Wildman–Crippen LogP) is 1.82. The van der Waals surface area contributed by atoms with E-state index in [1.165, 1.54) is 25.3 Å². The van der Waals surface area contributed by atoms with Gasteiger partial charge < -0.3 is 20.5 Å². The summed E-state index contributed by atoms with van der Waals surface area (Å²) in [5, 5.41) is 22.6. The lowest BCUT2D eigenvalue weighted by molar-refractivity contribution is -0.139. The zero-order valence-corrected chi connectivity index (χ0v) is 12.0. The third-order valence-corrected chi connectivity index (χ3v) is 2.87. The van der Waals surface area contributed by atoms with E-state index >= 15 is 0 Å². The number of benzene rings is 1. The number of ether oxygens (including phenoxy) is 1. The van der Waals surface area contributed by atoms with Crippen molar-refractivity contribution in [1.82, 2.24) is 5.32 Å². The number of methoxy groups -OCH3 is 1. The molecule has 3 N–H and O–H groups in total. The summed E-state index contributed by atoms with van der Waals surface area (Å²) in [7, 11) is 1.44. The first kappa shape index (κ1) is 16.8. The highest BCUT2D eigenvalue weighted by atomic mass is 35.5. The summed E-state index contributed by atoms with van der Waals surface area (Å²) in [6, 6.07) is 4.49. The summed E-state index contributed by atoms with van der Waals surface area (Å²) >= 11 is 5.91. The molecule has 7 nitrogen and oxygen atoms in total. The number of carboxylic acid groups (broad SMARTS) is 1. The van der Waals surface area contributed by atoms with Gasteiger partial charge in [-0.3, -0.25) is 0 Å². The summed E-state index contributed by atoms with van der Waals surface area (Å²) < 4.78 is 4.78. The van der Waals surface area contributed by atoms with Crippen molar-refractivity contribution in [2.75, 3.05) is 19.0 Å². The van der Waals surface area contributed by atoms with Crippen LogP contribution in [0.3, 0.4) is 0 Å². The monoisotopic (exact) mass is 311 g/mol. The Kier molecular flexibility index (Phi) is 6.46. The Bertz CT molecular complexity index is 571. The molecule has 0 saturated heterocycles. The van der Waals surface area contributed by atoms with E-state index < -0.39 is 18.0 Å². The molecule has 0 saturated carbocycles. The van der Waals surface area contributed by atoms with Crippen molar-refractivity contribution >= 4 is 29.3 Å². The zero-order valence-electron chi connectivity index (χ0n) is 11.2. The average molecular weight is 312 g/mol. The Balaban J connectivity index is 2.68. The Labute approximate surface area is 126 Å². The lowest BCUT2D eigenvalue weighted by atomic mass is 10.2. The minimum Gasteiger partial charge on any atom is -0.480 e. The summed E-state index contributed by atoms with van der Waals surface area (Å²) in [4.78, 5) is 22.7. The standard InChI is InChI=1S/C13H14ClN3O4/c1-21-5-4-11(12(18)19)17-13(20)16-10-3-2-8(7-15)6-9(10)14/h2-3,6,11H,4-5H2,1H3,(H,18,19)(H2,16,17,20). The summed E-state index contributed by atoms with van der Waals surface area (Å²) in [6.07, 6.45) is 0.139. The molecule has 21 heavy (non-hydrogen) atoms. The number of halogens is 1. The number of carbonyl (C=O) groups excluding carboxylic acids is 1. The zero-order chi connectivity index (χ0) is 15.8. The largest absolute Gasteiger partial charge is 0.480 e. The molecule has 1 rings (SSSR count). The fraction of sp³-hybridized carbons (Fsp3) is 0.308. The Morgan fingerprint density at radius 2 is 2.24 bits per heavy atom. The summed E-state index contributed by atoms with van der Waals surface area (Å²) in [5.41, 5.74) is 0.638. The number of amides is 2. The van der Waals surface area contributed by atoms with Gasteiger partial charge in [0, 0.05) is 20.1 Å². The van der Waals surface area contributed by atoms with Crippen LogP contribution >= 0.6 is 11.6 Å². The van der Waals surface area contributed by atoms with E-state index in [1.54, 1.807) is 0 Å². The van der Waals surface area contributed by atoms with Gasteiger partial charge in [-0.05, 0) is 18.2 Å². The molecule has 8 heteroatoms. The van der Waals surface area contributed by atoms with E-state index in [4.69, 9.17) is 26.7 Å². The molecule has 0 radical (unpaired) electrons. The number of nitriles is 1. The number of hydrogen-bond acceptors (Lipinski definition) is 4. The summed E-state index contributed by atoms with van der Waals surface area (Å²) in [6.45, 7) is 0.203. The van der Waals surface area contributed by atoms with Gasteiger partial charge in [-0.25, -0.2) is 9.59 Å². The number of carboxylic acids is 1. The van der Waals surface area contributed by atoms with Crippen LogP contribution in [0.2, 0.25) is 5.02 Å². The van der Waals surface area contributed by atoms with Crippen LogP contribution < -0.4 is 10.6 Å². The Morgan fingerprint density at radius 1 is 1.52 bits per heavy atom. The molecule has 0 fully saturated rings. The van der Waals surface area contributed by atoms with Gasteiger partial charge >= 0.3 is 12.0 Å². The number of anilines is 1. The molecule has 0 spiro atoms. The van der Waals surface area contributed by atoms with Gasteiger partial charge in [0.2, 0.25) is 0 Å². The van der Waals surface area contributed by atoms with Gasteiger partial charge in [-0.2, -0.15) is 5.26 Å². The number of aliphatic carboxylic acids is 1. The molecule has 0 heterocycles. The van der Waals surface area contributed by atoms with Crippen LogP contribution in [0.4, 0.5) is 10.5 Å². The molecule has 0 aliphatic heterocycles. The maximum Gasteiger partial charge on any atom is 0.326 e. The molecule has 1 unspecified atom stereocenters. The number of carbonyl (C=O) groups is 2. The van der Waals surface area contributed by atoms with Gasteiger partial charge in [-0.15, -0.1) is 0 Å². The van der Waals surface area contributed by atoms with E-state index in [2.05, 4.69) is 10.6 Å². The van der Waals surface area contributed by atoms with Crippen LogP contribution in [0, 0.1) is 11.3 Å². The molecule has 1 aromatic rings. The van der Waals surface area contributed by atoms with Crippen LogP contribution in [0.5, 0.6) is 0 Å². The molecular formula is C13H14ClN3O4. The van der Waals surface area contributed by atoms with Crippen LogP contribution in [0.15, 0.2) is 18.2 Å². The van der Waals surface area contributed by atoms with Gasteiger partial charge in [0.1, 0.15) is 6.04 Å². The molecule has 112 valence electrons. The Hall–Kier alpha value is -2.30. The van der Waals surface area contributed by atoms with E-state index in [0.717, 1.165) is 0 Å². The first-order chi connectivity index (χ1) is 9.97. The minimum absolute atomic E-state index is 0.139. The quantitative estimate of drug-likeness (QED) is 0.742. The van der Waals surface area contributed by atoms with Gasteiger partial charge in [0.25, 0.3) is 0 Å². The number of nitrogens with zero attached hydrogens (tertiary/aromatic N) is 1. The van der Waals surface area contributed by atoms with Crippen molar-refractivity contribution in [2.45, 2.75) is 12.5 Å². The SMILES string of the molecule is COCCC(NC(=O)Nc1ccc(C#N)cc1Cl)C(=O)O. The van der Waals surface area contributed by atoms with E-state index in [-0.39, 0.29) is 23.7 Å². The fourth-order valence-electron chi connectivity index (χ4n) is 1.50. The highest BCUT2D eigenvalue weighted by Crippen LogP contribution is 2.22. The maximum atomic E-state index is 11.7. The average Bonchev–Trinajstić information content (AvgIpc) is 2.45. The second-order valence-electron chi connectivity index (χ2n) is 4.08.